The molecule has 2 fully saturated rings. The number of amides is 1. The molecular weight excluding hydrogens is 374 g/mol. The van der Waals surface area contributed by atoms with Gasteiger partial charge < -0.3 is 20.1 Å². The molecule has 2 aliphatic rings. The predicted octanol–water partition coefficient (Wildman–Crippen LogP) is 0.973. The molecule has 2 N–H and O–H groups in total. The topological polar surface area (TPSA) is 106 Å². The summed E-state index contributed by atoms with van der Waals surface area (Å²) in [6.07, 6.45) is 9.16. The Hall–Kier alpha value is -2.26. The van der Waals surface area contributed by atoms with Crippen LogP contribution in [0.25, 0.3) is 0 Å². The van der Waals surface area contributed by atoms with E-state index in [2.05, 4.69) is 25.5 Å². The number of hydrogen-bond acceptors (Lipinski definition) is 8. The van der Waals surface area contributed by atoms with Crippen molar-refractivity contribution in [2.24, 2.45) is 0 Å². The molecule has 1 saturated heterocycles. The number of ether oxygens (including phenoxy) is 2. The Labute approximate surface area is 171 Å². The molecule has 1 amide bonds. The molecule has 0 unspecified atom stereocenters. The zero-order chi connectivity index (χ0) is 20.4. The number of carbonyl (C=O) groups is 2. The van der Waals surface area contributed by atoms with Gasteiger partial charge in [-0.15, -0.1) is 0 Å². The van der Waals surface area contributed by atoms with Crippen molar-refractivity contribution in [2.45, 2.75) is 44.1 Å². The normalized spacial score (nSPS) is 19.3. The largest absolute Gasteiger partial charge is 0.456 e. The zero-order valence-corrected chi connectivity index (χ0v) is 16.9. The molecule has 1 aromatic heterocycles. The second-order valence-corrected chi connectivity index (χ2v) is 7.57. The Morgan fingerprint density at radius 2 is 1.86 bits per heavy atom. The first-order valence-electron chi connectivity index (χ1n) is 10.4. The van der Waals surface area contributed by atoms with Crippen molar-refractivity contribution >= 4 is 17.8 Å². The van der Waals surface area contributed by atoms with E-state index in [0.29, 0.717) is 19.0 Å². The highest BCUT2D eigenvalue weighted by molar-refractivity contribution is 5.80. The van der Waals surface area contributed by atoms with Crippen LogP contribution < -0.4 is 10.6 Å². The summed E-state index contributed by atoms with van der Waals surface area (Å²) in [6.45, 7) is 4.00. The summed E-state index contributed by atoms with van der Waals surface area (Å²) in [6, 6.07) is 1.72. The molecule has 0 spiro atoms. The van der Waals surface area contributed by atoms with E-state index in [1.807, 2.05) is 0 Å². The number of morpholine rings is 1. The molecule has 0 radical (unpaired) electrons. The lowest BCUT2D eigenvalue weighted by Crippen LogP contribution is -2.59. The number of nitrogens with one attached hydrogen (secondary N) is 2. The van der Waals surface area contributed by atoms with Gasteiger partial charge in [-0.05, 0) is 18.9 Å². The summed E-state index contributed by atoms with van der Waals surface area (Å²) in [4.78, 5) is 34.6. The monoisotopic (exact) mass is 405 g/mol. The van der Waals surface area contributed by atoms with Gasteiger partial charge in [0.25, 0.3) is 5.91 Å². The van der Waals surface area contributed by atoms with E-state index in [0.717, 1.165) is 39.1 Å². The van der Waals surface area contributed by atoms with Crippen molar-refractivity contribution in [1.29, 1.82) is 0 Å². The van der Waals surface area contributed by atoms with E-state index >= 15 is 0 Å². The van der Waals surface area contributed by atoms with Crippen LogP contribution >= 0.6 is 0 Å². The highest BCUT2D eigenvalue weighted by atomic mass is 16.5. The fourth-order valence-corrected chi connectivity index (χ4v) is 4.05. The average Bonchev–Trinajstić information content (AvgIpc) is 2.78. The third-order valence-corrected chi connectivity index (χ3v) is 5.62. The molecule has 9 nitrogen and oxygen atoms in total. The second kappa shape index (κ2) is 11.1. The van der Waals surface area contributed by atoms with Crippen LogP contribution in [0.2, 0.25) is 0 Å². The highest BCUT2D eigenvalue weighted by Crippen LogP contribution is 2.33. The highest BCUT2D eigenvalue weighted by Gasteiger charge is 2.38. The van der Waals surface area contributed by atoms with E-state index in [4.69, 9.17) is 9.47 Å². The van der Waals surface area contributed by atoms with Crippen LogP contribution in [0.1, 0.15) is 38.5 Å². The molecule has 0 atom stereocenters. The lowest BCUT2D eigenvalue weighted by Gasteiger charge is -2.48. The van der Waals surface area contributed by atoms with Gasteiger partial charge in [0.1, 0.15) is 0 Å². The summed E-state index contributed by atoms with van der Waals surface area (Å²) in [5, 5.41) is 5.93. The summed E-state index contributed by atoms with van der Waals surface area (Å²) in [5.74, 6) is -0.223. The molecule has 1 aromatic rings. The fraction of sp³-hybridized carbons (Fsp3) is 0.700. The SMILES string of the molecule is O=C(COC(=O)CCNc1ncccn1)NCC1(N2CCOCC2)CCCCC1. The molecule has 160 valence electrons. The molecule has 1 saturated carbocycles. The third-order valence-electron chi connectivity index (χ3n) is 5.62. The van der Waals surface area contributed by atoms with E-state index in [1.165, 1.54) is 19.3 Å². The fourth-order valence-electron chi connectivity index (χ4n) is 4.05. The average molecular weight is 405 g/mol. The maximum absolute atomic E-state index is 12.2. The molecule has 3 rings (SSSR count). The molecule has 1 aliphatic heterocycles. The number of aromatic nitrogens is 2. The molecule has 1 aliphatic carbocycles. The first-order valence-corrected chi connectivity index (χ1v) is 10.4. The van der Waals surface area contributed by atoms with Gasteiger partial charge in [0, 0.05) is 44.1 Å². The first kappa shape index (κ1) is 21.4. The van der Waals surface area contributed by atoms with Crippen LogP contribution in [-0.4, -0.2) is 78.3 Å². The number of rotatable bonds is 9. The van der Waals surface area contributed by atoms with Crippen LogP contribution in [-0.2, 0) is 19.1 Å². The second-order valence-electron chi connectivity index (χ2n) is 7.57. The Morgan fingerprint density at radius 1 is 1.14 bits per heavy atom. The summed E-state index contributed by atoms with van der Waals surface area (Å²) < 4.78 is 10.6. The Bertz CT molecular complexity index is 646. The van der Waals surface area contributed by atoms with Crippen LogP contribution in [0, 0.1) is 0 Å². The minimum atomic E-state index is -0.427. The Balaban J connectivity index is 1.37. The zero-order valence-electron chi connectivity index (χ0n) is 16.9. The number of nitrogens with zero attached hydrogens (tertiary/aromatic N) is 3. The first-order chi connectivity index (χ1) is 14.2. The van der Waals surface area contributed by atoms with Gasteiger partial charge in [-0.25, -0.2) is 9.97 Å². The van der Waals surface area contributed by atoms with Gasteiger partial charge in [0.05, 0.1) is 19.6 Å². The van der Waals surface area contributed by atoms with Gasteiger partial charge in [0.15, 0.2) is 6.61 Å². The Morgan fingerprint density at radius 3 is 2.59 bits per heavy atom. The molecule has 29 heavy (non-hydrogen) atoms. The van der Waals surface area contributed by atoms with Crippen LogP contribution in [0.4, 0.5) is 5.95 Å². The number of esters is 1. The van der Waals surface area contributed by atoms with Gasteiger partial charge in [0.2, 0.25) is 5.95 Å². The minimum Gasteiger partial charge on any atom is -0.456 e. The van der Waals surface area contributed by atoms with Gasteiger partial charge in [-0.1, -0.05) is 19.3 Å². The van der Waals surface area contributed by atoms with Crippen molar-refractivity contribution in [2.75, 3.05) is 51.3 Å². The van der Waals surface area contributed by atoms with E-state index in [1.54, 1.807) is 18.5 Å². The van der Waals surface area contributed by atoms with Crippen molar-refractivity contribution in [3.05, 3.63) is 18.5 Å². The molecular formula is C20H31N5O4. The summed E-state index contributed by atoms with van der Waals surface area (Å²) in [5.41, 5.74) is 0.00129. The third kappa shape index (κ3) is 6.64. The van der Waals surface area contributed by atoms with E-state index in [9.17, 15) is 9.59 Å². The maximum Gasteiger partial charge on any atom is 0.308 e. The van der Waals surface area contributed by atoms with Crippen molar-refractivity contribution in [3.8, 4) is 0 Å². The van der Waals surface area contributed by atoms with Crippen LogP contribution in [0.3, 0.4) is 0 Å². The molecule has 0 bridgehead atoms. The number of hydrogen-bond donors (Lipinski definition) is 2. The number of carbonyl (C=O) groups excluding carboxylic acids is 2. The summed E-state index contributed by atoms with van der Waals surface area (Å²) >= 11 is 0. The standard InChI is InChI=1S/C20H31N5O4/c26-17(15-29-18(27)5-10-23-19-21-8-4-9-22-19)24-16-20(6-2-1-3-7-20)25-11-13-28-14-12-25/h4,8-9H,1-3,5-7,10-16H2,(H,24,26)(H,21,22,23). The lowest BCUT2D eigenvalue weighted by molar-refractivity contribution is -0.148. The Kier molecular flexibility index (Phi) is 8.18. The predicted molar refractivity (Wildman–Crippen MR) is 107 cm³/mol. The minimum absolute atomic E-state index is 0.00129. The molecule has 0 aromatic carbocycles. The molecule has 9 heteroatoms. The van der Waals surface area contributed by atoms with Gasteiger partial charge in [-0.2, -0.15) is 0 Å². The lowest BCUT2D eigenvalue weighted by atomic mass is 9.79. The number of anilines is 1. The van der Waals surface area contributed by atoms with Crippen molar-refractivity contribution in [3.63, 3.8) is 0 Å². The van der Waals surface area contributed by atoms with Crippen LogP contribution in [0.5, 0.6) is 0 Å². The molecule has 2 heterocycles. The quantitative estimate of drug-likeness (QED) is 0.586. The van der Waals surface area contributed by atoms with Gasteiger partial charge >= 0.3 is 5.97 Å². The van der Waals surface area contributed by atoms with Crippen LogP contribution in [0.15, 0.2) is 18.5 Å². The van der Waals surface area contributed by atoms with E-state index in [-0.39, 0.29) is 24.5 Å². The van der Waals surface area contributed by atoms with Crippen molar-refractivity contribution in [1.82, 2.24) is 20.2 Å². The van der Waals surface area contributed by atoms with E-state index < -0.39 is 5.97 Å². The van der Waals surface area contributed by atoms with Crippen molar-refractivity contribution < 1.29 is 19.1 Å². The van der Waals surface area contributed by atoms with Gasteiger partial charge in [-0.3, -0.25) is 14.5 Å². The summed E-state index contributed by atoms with van der Waals surface area (Å²) in [7, 11) is 0. The smallest absolute Gasteiger partial charge is 0.308 e. The maximum atomic E-state index is 12.2.